The summed E-state index contributed by atoms with van der Waals surface area (Å²) in [6.07, 6.45) is 3.36. The number of unbranched alkanes of at least 4 members (excludes halogenated alkanes) is 1. The molecule has 22 heavy (non-hydrogen) atoms. The van der Waals surface area contributed by atoms with Gasteiger partial charge in [-0.2, -0.15) is 0 Å². The Morgan fingerprint density at radius 3 is 3.05 bits per heavy atom. The lowest BCUT2D eigenvalue weighted by Gasteiger charge is -2.36. The number of carbonyl (C=O) groups is 1. The molecule has 0 fully saturated rings. The van der Waals surface area contributed by atoms with Crippen LogP contribution in [0.15, 0.2) is 18.2 Å². The van der Waals surface area contributed by atoms with Crippen LogP contribution in [-0.4, -0.2) is 22.7 Å². The lowest BCUT2D eigenvalue weighted by atomic mass is 9.84. The molecule has 1 aromatic heterocycles. The number of rotatable bonds is 5. The van der Waals surface area contributed by atoms with E-state index in [2.05, 4.69) is 11.9 Å². The highest BCUT2D eigenvalue weighted by Gasteiger charge is 2.41. The fourth-order valence-electron chi connectivity index (χ4n) is 3.46. The minimum atomic E-state index is -0.839. The number of nitrogens with one attached hydrogen (secondary N) is 1. The van der Waals surface area contributed by atoms with Gasteiger partial charge in [0.1, 0.15) is 5.60 Å². The maximum atomic E-state index is 11.4. The number of aromatic amines is 1. The SMILES string of the molecule is CCCCC1(CC(=O)O)OCCc2c1[nH]c1cccc(Cl)c21. The molecule has 0 aliphatic carbocycles. The van der Waals surface area contributed by atoms with Crippen molar-refractivity contribution in [3.8, 4) is 0 Å². The highest BCUT2D eigenvalue weighted by atomic mass is 35.5. The third kappa shape index (κ3) is 2.50. The molecule has 5 heteroatoms. The van der Waals surface area contributed by atoms with Crippen LogP contribution >= 0.6 is 11.6 Å². The van der Waals surface area contributed by atoms with Crippen LogP contribution in [0, 0.1) is 0 Å². The summed E-state index contributed by atoms with van der Waals surface area (Å²) < 4.78 is 6.02. The molecule has 1 aliphatic rings. The van der Waals surface area contributed by atoms with E-state index in [0.29, 0.717) is 18.1 Å². The monoisotopic (exact) mass is 321 g/mol. The molecule has 4 nitrogen and oxygen atoms in total. The van der Waals surface area contributed by atoms with Gasteiger partial charge in [0.05, 0.1) is 23.7 Å². The first-order valence-corrected chi connectivity index (χ1v) is 8.10. The number of benzene rings is 1. The zero-order valence-electron chi connectivity index (χ0n) is 12.6. The van der Waals surface area contributed by atoms with Gasteiger partial charge in [0.25, 0.3) is 0 Å². The van der Waals surface area contributed by atoms with E-state index >= 15 is 0 Å². The van der Waals surface area contributed by atoms with Gasteiger partial charge in [0.2, 0.25) is 0 Å². The molecule has 3 rings (SSSR count). The summed E-state index contributed by atoms with van der Waals surface area (Å²) in [5.41, 5.74) is 2.20. The molecular weight excluding hydrogens is 302 g/mol. The van der Waals surface area contributed by atoms with Crippen molar-refractivity contribution in [2.24, 2.45) is 0 Å². The topological polar surface area (TPSA) is 62.3 Å². The Morgan fingerprint density at radius 2 is 2.32 bits per heavy atom. The first-order valence-electron chi connectivity index (χ1n) is 7.72. The Labute approximate surface area is 134 Å². The molecule has 2 aromatic rings. The Morgan fingerprint density at radius 1 is 1.50 bits per heavy atom. The van der Waals surface area contributed by atoms with Crippen LogP contribution in [0.4, 0.5) is 0 Å². The summed E-state index contributed by atoms with van der Waals surface area (Å²) in [5, 5.41) is 11.1. The van der Waals surface area contributed by atoms with Gasteiger partial charge >= 0.3 is 5.97 Å². The van der Waals surface area contributed by atoms with Crippen molar-refractivity contribution in [1.29, 1.82) is 0 Å². The van der Waals surface area contributed by atoms with Crippen molar-refractivity contribution in [2.75, 3.05) is 6.61 Å². The van der Waals surface area contributed by atoms with E-state index in [1.807, 2.05) is 18.2 Å². The van der Waals surface area contributed by atoms with E-state index in [4.69, 9.17) is 16.3 Å². The molecule has 0 bridgehead atoms. The number of halogens is 1. The normalized spacial score (nSPS) is 21.0. The molecule has 0 spiro atoms. The van der Waals surface area contributed by atoms with Crippen LogP contribution in [-0.2, 0) is 21.6 Å². The Balaban J connectivity index is 2.17. The number of aliphatic carboxylic acids is 1. The zero-order valence-corrected chi connectivity index (χ0v) is 13.4. The molecule has 0 saturated carbocycles. The molecule has 118 valence electrons. The van der Waals surface area contributed by atoms with Gasteiger partial charge in [-0.1, -0.05) is 37.4 Å². The number of hydrogen-bond acceptors (Lipinski definition) is 2. The number of carboxylic acid groups (broad SMARTS) is 1. The molecule has 2 N–H and O–H groups in total. The Bertz CT molecular complexity index is 709. The van der Waals surface area contributed by atoms with Crippen LogP contribution in [0.2, 0.25) is 5.02 Å². The average molecular weight is 322 g/mol. The molecule has 0 radical (unpaired) electrons. The summed E-state index contributed by atoms with van der Waals surface area (Å²) in [6.45, 7) is 2.63. The van der Waals surface area contributed by atoms with Crippen molar-refractivity contribution >= 4 is 28.5 Å². The molecular formula is C17H20ClNO3. The smallest absolute Gasteiger partial charge is 0.306 e. The number of fused-ring (bicyclic) bond motifs is 3. The maximum Gasteiger partial charge on any atom is 0.306 e. The minimum Gasteiger partial charge on any atom is -0.481 e. The second-order valence-electron chi connectivity index (χ2n) is 5.91. The van der Waals surface area contributed by atoms with Crippen molar-refractivity contribution in [1.82, 2.24) is 4.98 Å². The molecule has 1 atom stereocenters. The quantitative estimate of drug-likeness (QED) is 0.865. The number of H-pyrrole nitrogens is 1. The standard InChI is InChI=1S/C17H20ClNO3/c1-2-3-8-17(10-14(20)21)16-11(7-9-22-17)15-12(18)5-4-6-13(15)19-16/h4-6,19H,2-3,7-10H2,1H3,(H,20,21). The fourth-order valence-corrected chi connectivity index (χ4v) is 3.75. The third-order valence-corrected chi connectivity index (χ3v) is 4.75. The van der Waals surface area contributed by atoms with E-state index in [0.717, 1.165) is 41.4 Å². The predicted octanol–water partition coefficient (Wildman–Crippen LogP) is 4.25. The van der Waals surface area contributed by atoms with Crippen LogP contribution in [0.5, 0.6) is 0 Å². The van der Waals surface area contributed by atoms with E-state index in [1.54, 1.807) is 0 Å². The average Bonchev–Trinajstić information content (AvgIpc) is 2.86. The molecule has 1 aliphatic heterocycles. The number of carboxylic acids is 1. The largest absolute Gasteiger partial charge is 0.481 e. The van der Waals surface area contributed by atoms with Crippen LogP contribution in [0.1, 0.15) is 43.9 Å². The first kappa shape index (κ1) is 15.4. The summed E-state index contributed by atoms with van der Waals surface area (Å²) >= 11 is 6.36. The molecule has 0 saturated heterocycles. The number of aromatic nitrogens is 1. The highest BCUT2D eigenvalue weighted by Crippen LogP contribution is 2.43. The van der Waals surface area contributed by atoms with Gasteiger partial charge in [-0.15, -0.1) is 0 Å². The summed E-state index contributed by atoms with van der Waals surface area (Å²) in [7, 11) is 0. The third-order valence-electron chi connectivity index (χ3n) is 4.43. The van der Waals surface area contributed by atoms with Gasteiger partial charge < -0.3 is 14.8 Å². The number of hydrogen-bond donors (Lipinski definition) is 2. The van der Waals surface area contributed by atoms with Gasteiger partial charge in [0.15, 0.2) is 0 Å². The van der Waals surface area contributed by atoms with E-state index in [1.165, 1.54) is 0 Å². The second kappa shape index (κ2) is 5.94. The Kier molecular flexibility index (Phi) is 4.15. The summed E-state index contributed by atoms with van der Waals surface area (Å²) in [4.78, 5) is 14.8. The van der Waals surface area contributed by atoms with Crippen molar-refractivity contribution in [3.05, 3.63) is 34.5 Å². The van der Waals surface area contributed by atoms with Gasteiger partial charge in [0, 0.05) is 10.9 Å². The summed E-state index contributed by atoms with van der Waals surface area (Å²) in [5.74, 6) is -0.839. The second-order valence-corrected chi connectivity index (χ2v) is 6.31. The molecule has 1 unspecified atom stereocenters. The summed E-state index contributed by atoms with van der Waals surface area (Å²) in [6, 6.07) is 5.75. The van der Waals surface area contributed by atoms with Crippen molar-refractivity contribution in [3.63, 3.8) is 0 Å². The zero-order chi connectivity index (χ0) is 15.7. The fraction of sp³-hybridized carbons (Fsp3) is 0.471. The van der Waals surface area contributed by atoms with Crippen LogP contribution in [0.25, 0.3) is 10.9 Å². The lowest BCUT2D eigenvalue weighted by Crippen LogP contribution is -2.38. The predicted molar refractivity (Wildman–Crippen MR) is 86.4 cm³/mol. The maximum absolute atomic E-state index is 11.4. The molecule has 1 aromatic carbocycles. The van der Waals surface area contributed by atoms with E-state index in [-0.39, 0.29) is 6.42 Å². The lowest BCUT2D eigenvalue weighted by molar-refractivity contribution is -0.149. The van der Waals surface area contributed by atoms with Gasteiger partial charge in [-0.25, -0.2) is 0 Å². The number of ether oxygens (including phenoxy) is 1. The molecule has 2 heterocycles. The van der Waals surface area contributed by atoms with Gasteiger partial charge in [-0.05, 0) is 30.5 Å². The van der Waals surface area contributed by atoms with Gasteiger partial charge in [-0.3, -0.25) is 4.79 Å². The van der Waals surface area contributed by atoms with Crippen LogP contribution < -0.4 is 0 Å². The molecule has 0 amide bonds. The first-order chi connectivity index (χ1) is 10.6. The van der Waals surface area contributed by atoms with Crippen LogP contribution in [0.3, 0.4) is 0 Å². The van der Waals surface area contributed by atoms with Crippen molar-refractivity contribution < 1.29 is 14.6 Å². The van der Waals surface area contributed by atoms with Crippen molar-refractivity contribution in [2.45, 2.75) is 44.6 Å². The minimum absolute atomic E-state index is 0.0234. The van der Waals surface area contributed by atoms with E-state index in [9.17, 15) is 9.90 Å². The highest BCUT2D eigenvalue weighted by molar-refractivity contribution is 6.35. The van der Waals surface area contributed by atoms with E-state index < -0.39 is 11.6 Å². The Hall–Kier alpha value is -1.52.